The van der Waals surface area contributed by atoms with Crippen LogP contribution in [-0.4, -0.2) is 33.0 Å². The molecular weight excluding hydrogens is 427 g/mol. The highest BCUT2D eigenvalue weighted by Crippen LogP contribution is 2.31. The Labute approximate surface area is 171 Å². The average Bonchev–Trinajstić information content (AvgIpc) is 3.15. The number of pyridine rings is 1. The van der Waals surface area contributed by atoms with Crippen molar-refractivity contribution in [3.05, 3.63) is 70.6 Å². The van der Waals surface area contributed by atoms with Crippen LogP contribution in [0.2, 0.25) is 5.02 Å². The van der Waals surface area contributed by atoms with E-state index in [1.807, 2.05) is 0 Å². The zero-order chi connectivity index (χ0) is 21.9. The Hall–Kier alpha value is -3.73. The second-order valence-electron chi connectivity index (χ2n) is 5.70. The Morgan fingerprint density at radius 1 is 1.23 bits per heavy atom. The van der Waals surface area contributed by atoms with E-state index in [2.05, 4.69) is 20.1 Å². The molecule has 12 heteroatoms. The molecular formula is C18H11ClF3N5O3. The van der Waals surface area contributed by atoms with Crippen LogP contribution in [0.4, 0.5) is 19.0 Å². The lowest BCUT2D eigenvalue weighted by atomic mass is 10.2. The van der Waals surface area contributed by atoms with Gasteiger partial charge in [-0.15, -0.1) is 0 Å². The molecule has 154 valence electrons. The number of aromatic nitrogens is 3. The van der Waals surface area contributed by atoms with Gasteiger partial charge in [0.15, 0.2) is 0 Å². The number of nitrogens with one attached hydrogen (secondary N) is 2. The number of nitrogens with zero attached hydrogens (tertiary/aromatic N) is 3. The lowest BCUT2D eigenvalue weighted by Gasteiger charge is -2.11. The van der Waals surface area contributed by atoms with Crippen molar-refractivity contribution in [2.75, 3.05) is 5.32 Å². The van der Waals surface area contributed by atoms with Crippen molar-refractivity contribution < 1.29 is 27.5 Å². The number of rotatable bonds is 5. The first kappa shape index (κ1) is 21.0. The first-order valence-corrected chi connectivity index (χ1v) is 8.47. The minimum atomic E-state index is -4.80. The van der Waals surface area contributed by atoms with E-state index < -0.39 is 29.4 Å². The summed E-state index contributed by atoms with van der Waals surface area (Å²) in [5.74, 6) is -1.31. The topological polar surface area (TPSA) is 110 Å². The number of ether oxygens (including phenoxy) is 1. The second-order valence-corrected chi connectivity index (χ2v) is 6.11. The summed E-state index contributed by atoms with van der Waals surface area (Å²) < 4.78 is 44.8. The van der Waals surface area contributed by atoms with Gasteiger partial charge < -0.3 is 10.1 Å². The largest absolute Gasteiger partial charge is 0.433 e. The van der Waals surface area contributed by atoms with Crippen LogP contribution in [0.3, 0.4) is 0 Å². The van der Waals surface area contributed by atoms with Crippen molar-refractivity contribution >= 4 is 35.7 Å². The van der Waals surface area contributed by atoms with Gasteiger partial charge in [0.1, 0.15) is 17.2 Å². The van der Waals surface area contributed by atoms with Crippen LogP contribution < -0.4 is 5.32 Å². The SMILES string of the molecule is N=C(OC=O)c1cc(C(F)(F)F)n(-c2ccc(NC(=O)c3ccccc3Cl)nc2)n1. The summed E-state index contributed by atoms with van der Waals surface area (Å²) in [6.45, 7) is -0.0906. The number of amides is 1. The van der Waals surface area contributed by atoms with Crippen molar-refractivity contribution in [3.8, 4) is 5.69 Å². The van der Waals surface area contributed by atoms with Crippen LogP contribution in [-0.2, 0) is 15.7 Å². The molecule has 0 unspecified atom stereocenters. The van der Waals surface area contributed by atoms with E-state index in [0.717, 1.165) is 6.20 Å². The molecule has 0 radical (unpaired) electrons. The zero-order valence-electron chi connectivity index (χ0n) is 14.8. The summed E-state index contributed by atoms with van der Waals surface area (Å²) in [7, 11) is 0. The van der Waals surface area contributed by atoms with Crippen molar-refractivity contribution in [2.45, 2.75) is 6.18 Å². The van der Waals surface area contributed by atoms with E-state index in [1.165, 1.54) is 24.3 Å². The van der Waals surface area contributed by atoms with Crippen molar-refractivity contribution in [3.63, 3.8) is 0 Å². The minimum Gasteiger partial charge on any atom is -0.408 e. The number of carbonyl (C=O) groups excluding carboxylic acids is 2. The molecule has 3 rings (SSSR count). The molecule has 0 aliphatic heterocycles. The van der Waals surface area contributed by atoms with E-state index in [1.54, 1.807) is 12.1 Å². The maximum atomic E-state index is 13.3. The molecule has 3 aromatic rings. The highest BCUT2D eigenvalue weighted by Gasteiger charge is 2.37. The second kappa shape index (κ2) is 8.33. The molecule has 0 saturated heterocycles. The number of carbonyl (C=O) groups is 2. The van der Waals surface area contributed by atoms with E-state index in [-0.39, 0.29) is 28.6 Å². The fourth-order valence-corrected chi connectivity index (χ4v) is 2.64. The summed E-state index contributed by atoms with van der Waals surface area (Å²) in [6, 6.07) is 9.40. The zero-order valence-corrected chi connectivity index (χ0v) is 15.5. The third-order valence-electron chi connectivity index (χ3n) is 3.75. The number of hydrogen-bond donors (Lipinski definition) is 2. The maximum absolute atomic E-state index is 13.3. The Morgan fingerprint density at radius 2 is 1.97 bits per heavy atom. The van der Waals surface area contributed by atoms with Gasteiger partial charge in [-0.05, 0) is 24.3 Å². The van der Waals surface area contributed by atoms with Gasteiger partial charge in [-0.1, -0.05) is 23.7 Å². The number of benzene rings is 1. The molecule has 0 bridgehead atoms. The molecule has 30 heavy (non-hydrogen) atoms. The Balaban J connectivity index is 1.89. The lowest BCUT2D eigenvalue weighted by molar-refractivity contribution is -0.142. The van der Waals surface area contributed by atoms with Gasteiger partial charge in [0.2, 0.25) is 5.90 Å². The van der Waals surface area contributed by atoms with Crippen LogP contribution in [0.1, 0.15) is 21.7 Å². The molecule has 0 aliphatic rings. The van der Waals surface area contributed by atoms with Gasteiger partial charge in [0.05, 0.1) is 22.5 Å². The monoisotopic (exact) mass is 437 g/mol. The molecule has 0 fully saturated rings. The summed E-state index contributed by atoms with van der Waals surface area (Å²) in [4.78, 5) is 26.5. The van der Waals surface area contributed by atoms with Crippen molar-refractivity contribution in [2.24, 2.45) is 0 Å². The summed E-state index contributed by atoms with van der Waals surface area (Å²) in [5, 5.41) is 13.8. The fraction of sp³-hybridized carbons (Fsp3) is 0.0556. The average molecular weight is 438 g/mol. The first-order chi connectivity index (χ1) is 14.2. The number of halogens is 4. The number of hydrogen-bond acceptors (Lipinski definition) is 6. The molecule has 2 N–H and O–H groups in total. The van der Waals surface area contributed by atoms with Gasteiger partial charge in [-0.3, -0.25) is 15.0 Å². The van der Waals surface area contributed by atoms with E-state index >= 15 is 0 Å². The quantitative estimate of drug-likeness (QED) is 0.359. The molecule has 0 spiro atoms. The highest BCUT2D eigenvalue weighted by molar-refractivity contribution is 6.34. The van der Waals surface area contributed by atoms with Crippen LogP contribution >= 0.6 is 11.6 Å². The molecule has 2 aromatic heterocycles. The molecule has 2 heterocycles. The summed E-state index contributed by atoms with van der Waals surface area (Å²) in [5.41, 5.74) is -1.59. The van der Waals surface area contributed by atoms with Crippen LogP contribution in [0.25, 0.3) is 5.69 Å². The van der Waals surface area contributed by atoms with E-state index in [9.17, 15) is 22.8 Å². The van der Waals surface area contributed by atoms with Gasteiger partial charge in [-0.2, -0.15) is 18.3 Å². The molecule has 1 aromatic carbocycles. The van der Waals surface area contributed by atoms with Gasteiger partial charge in [-0.25, -0.2) is 9.67 Å². The van der Waals surface area contributed by atoms with Crippen molar-refractivity contribution in [1.82, 2.24) is 14.8 Å². The predicted octanol–water partition coefficient (Wildman–Crippen LogP) is 3.69. The van der Waals surface area contributed by atoms with E-state index in [4.69, 9.17) is 17.0 Å². The minimum absolute atomic E-state index is 0.0710. The Bertz CT molecular complexity index is 1110. The smallest absolute Gasteiger partial charge is 0.408 e. The third kappa shape index (κ3) is 4.46. The van der Waals surface area contributed by atoms with Gasteiger partial charge >= 0.3 is 6.18 Å². The first-order valence-electron chi connectivity index (χ1n) is 8.09. The molecule has 0 saturated carbocycles. The van der Waals surface area contributed by atoms with Crippen molar-refractivity contribution in [1.29, 1.82) is 5.41 Å². The Kier molecular flexibility index (Phi) is 5.83. The fourth-order valence-electron chi connectivity index (χ4n) is 2.41. The maximum Gasteiger partial charge on any atom is 0.433 e. The molecule has 8 nitrogen and oxygen atoms in total. The third-order valence-corrected chi connectivity index (χ3v) is 4.08. The number of alkyl halides is 3. The Morgan fingerprint density at radius 3 is 2.57 bits per heavy atom. The molecule has 0 atom stereocenters. The highest BCUT2D eigenvalue weighted by atomic mass is 35.5. The standard InChI is InChI=1S/C18H11ClF3N5O3/c19-12-4-2-1-3-11(12)17(29)25-15-6-5-10(8-24-15)27-14(18(20,21)22)7-13(26-27)16(23)30-9-28/h1-9,23H,(H,24,25,29). The van der Waals surface area contributed by atoms with E-state index in [0.29, 0.717) is 10.7 Å². The summed E-state index contributed by atoms with van der Waals surface area (Å²) in [6.07, 6.45) is -3.75. The van der Waals surface area contributed by atoms with Crippen LogP contribution in [0.15, 0.2) is 48.7 Å². The lowest BCUT2D eigenvalue weighted by Crippen LogP contribution is -2.15. The van der Waals surface area contributed by atoms with Crippen LogP contribution in [0, 0.1) is 5.41 Å². The van der Waals surface area contributed by atoms with Crippen LogP contribution in [0.5, 0.6) is 0 Å². The molecule has 1 amide bonds. The van der Waals surface area contributed by atoms with Gasteiger partial charge in [0, 0.05) is 6.07 Å². The summed E-state index contributed by atoms with van der Waals surface area (Å²) >= 11 is 5.95. The predicted molar refractivity (Wildman–Crippen MR) is 99.7 cm³/mol. The molecule has 0 aliphatic carbocycles. The normalized spacial score (nSPS) is 11.1. The number of anilines is 1. The van der Waals surface area contributed by atoms with Gasteiger partial charge in [0.25, 0.3) is 12.4 Å².